The molecule has 2 aromatic rings. The SMILES string of the molecule is CC[C@@H](C)NC(=O)[C@@H](C)N(Cc1ccc(C)cc1)C(=O)CN(c1cc(C)ccc1C)S(=O)(=O)N(C)C. The zero-order valence-corrected chi connectivity index (χ0v) is 23.5. The number of benzene rings is 2. The molecule has 0 fully saturated rings. The number of nitrogens with one attached hydrogen (secondary N) is 1. The summed E-state index contributed by atoms with van der Waals surface area (Å²) in [6.45, 7) is 11.0. The van der Waals surface area contributed by atoms with Gasteiger partial charge in [0.1, 0.15) is 12.6 Å². The monoisotopic (exact) mass is 516 g/mol. The molecule has 0 saturated heterocycles. The second-order valence-corrected chi connectivity index (χ2v) is 11.7. The first-order valence-electron chi connectivity index (χ1n) is 12.2. The van der Waals surface area contributed by atoms with Gasteiger partial charge in [-0.05, 0) is 63.8 Å². The third kappa shape index (κ3) is 7.30. The molecule has 0 heterocycles. The number of amides is 2. The van der Waals surface area contributed by atoms with E-state index in [1.54, 1.807) is 13.0 Å². The predicted molar refractivity (Wildman–Crippen MR) is 145 cm³/mol. The number of hydrogen-bond donors (Lipinski definition) is 1. The Bertz CT molecular complexity index is 1160. The van der Waals surface area contributed by atoms with Crippen LogP contribution < -0.4 is 9.62 Å². The Balaban J connectivity index is 2.49. The molecular weight excluding hydrogens is 476 g/mol. The van der Waals surface area contributed by atoms with Crippen LogP contribution in [0.3, 0.4) is 0 Å². The maximum Gasteiger partial charge on any atom is 0.304 e. The largest absolute Gasteiger partial charge is 0.352 e. The van der Waals surface area contributed by atoms with E-state index < -0.39 is 28.7 Å². The standard InChI is InChI=1S/C27H40N4O4S/c1-9-22(5)28-27(33)23(6)30(17-24-14-11-19(2)12-15-24)26(32)18-31(36(34,35)29(7)8)25-16-20(3)10-13-21(25)4/h10-16,22-23H,9,17-18H2,1-8H3,(H,28,33)/t22-,23-/m1/s1. The lowest BCUT2D eigenvalue weighted by Gasteiger charge is -2.33. The van der Waals surface area contributed by atoms with Crippen LogP contribution in [0, 0.1) is 20.8 Å². The van der Waals surface area contributed by atoms with E-state index in [9.17, 15) is 18.0 Å². The molecule has 1 N–H and O–H groups in total. The first-order valence-corrected chi connectivity index (χ1v) is 13.6. The molecule has 198 valence electrons. The molecule has 8 nitrogen and oxygen atoms in total. The predicted octanol–water partition coefficient (Wildman–Crippen LogP) is 3.56. The van der Waals surface area contributed by atoms with Crippen molar-refractivity contribution in [3.8, 4) is 0 Å². The molecular formula is C27H40N4O4S. The molecule has 0 bridgehead atoms. The number of carbonyl (C=O) groups is 2. The fourth-order valence-corrected chi connectivity index (χ4v) is 4.74. The summed E-state index contributed by atoms with van der Waals surface area (Å²) in [6, 6.07) is 12.4. The number of rotatable bonds is 11. The van der Waals surface area contributed by atoms with Gasteiger partial charge in [0.25, 0.3) is 0 Å². The van der Waals surface area contributed by atoms with Crippen LogP contribution in [0.15, 0.2) is 42.5 Å². The number of carbonyl (C=O) groups excluding carboxylic acids is 2. The minimum absolute atomic E-state index is 0.0446. The molecule has 0 aliphatic rings. The maximum absolute atomic E-state index is 13.8. The first-order chi connectivity index (χ1) is 16.8. The summed E-state index contributed by atoms with van der Waals surface area (Å²) in [5, 5.41) is 2.94. The van der Waals surface area contributed by atoms with Gasteiger partial charge in [-0.15, -0.1) is 0 Å². The van der Waals surface area contributed by atoms with Gasteiger partial charge in [0.15, 0.2) is 0 Å². The van der Waals surface area contributed by atoms with Crippen LogP contribution >= 0.6 is 0 Å². The highest BCUT2D eigenvalue weighted by Gasteiger charge is 2.33. The van der Waals surface area contributed by atoms with Crippen LogP contribution in [0.1, 0.15) is 49.4 Å². The van der Waals surface area contributed by atoms with E-state index in [0.29, 0.717) is 5.69 Å². The first kappa shape index (κ1) is 29.3. The maximum atomic E-state index is 13.8. The lowest BCUT2D eigenvalue weighted by molar-refractivity contribution is -0.139. The topological polar surface area (TPSA) is 90.0 Å². The Morgan fingerprint density at radius 2 is 1.53 bits per heavy atom. The van der Waals surface area contributed by atoms with Crippen LogP contribution in [0.5, 0.6) is 0 Å². The quantitative estimate of drug-likeness (QED) is 0.495. The van der Waals surface area contributed by atoms with Crippen LogP contribution in [-0.2, 0) is 26.3 Å². The molecule has 0 saturated carbocycles. The Morgan fingerprint density at radius 3 is 2.08 bits per heavy atom. The highest BCUT2D eigenvalue weighted by atomic mass is 32.2. The van der Waals surface area contributed by atoms with Crippen molar-refractivity contribution in [1.29, 1.82) is 0 Å². The van der Waals surface area contributed by atoms with Crippen LogP contribution in [0.25, 0.3) is 0 Å². The molecule has 0 spiro atoms. The third-order valence-corrected chi connectivity index (χ3v) is 8.10. The van der Waals surface area contributed by atoms with Gasteiger partial charge >= 0.3 is 10.2 Å². The number of anilines is 1. The van der Waals surface area contributed by atoms with E-state index in [0.717, 1.165) is 37.3 Å². The van der Waals surface area contributed by atoms with E-state index in [1.165, 1.54) is 19.0 Å². The van der Waals surface area contributed by atoms with Gasteiger partial charge in [0.05, 0.1) is 5.69 Å². The summed E-state index contributed by atoms with van der Waals surface area (Å²) in [4.78, 5) is 28.3. The summed E-state index contributed by atoms with van der Waals surface area (Å²) in [5.41, 5.74) is 3.97. The van der Waals surface area contributed by atoms with E-state index in [1.807, 2.05) is 71.0 Å². The van der Waals surface area contributed by atoms with Crippen LogP contribution in [-0.4, -0.2) is 62.2 Å². The van der Waals surface area contributed by atoms with Crippen molar-refractivity contribution in [3.05, 3.63) is 64.7 Å². The van der Waals surface area contributed by atoms with Gasteiger partial charge in [-0.3, -0.25) is 9.59 Å². The molecule has 0 unspecified atom stereocenters. The van der Waals surface area contributed by atoms with E-state index in [-0.39, 0.29) is 18.5 Å². The molecule has 0 radical (unpaired) electrons. The second kappa shape index (κ2) is 12.4. The summed E-state index contributed by atoms with van der Waals surface area (Å²) in [7, 11) is -1.12. The molecule has 0 aliphatic heterocycles. The zero-order valence-electron chi connectivity index (χ0n) is 22.7. The van der Waals surface area contributed by atoms with Crippen molar-refractivity contribution in [2.24, 2.45) is 0 Å². The highest BCUT2D eigenvalue weighted by molar-refractivity contribution is 7.90. The lowest BCUT2D eigenvalue weighted by Crippen LogP contribution is -2.53. The van der Waals surface area contributed by atoms with Gasteiger partial charge in [-0.25, -0.2) is 4.31 Å². The molecule has 9 heteroatoms. The fraction of sp³-hybridized carbons (Fsp3) is 0.481. The minimum Gasteiger partial charge on any atom is -0.352 e. The Morgan fingerprint density at radius 1 is 0.944 bits per heavy atom. The van der Waals surface area contributed by atoms with E-state index >= 15 is 0 Å². The third-order valence-electron chi connectivity index (χ3n) is 6.29. The molecule has 2 amide bonds. The van der Waals surface area contributed by atoms with Crippen LogP contribution in [0.4, 0.5) is 5.69 Å². The Kier molecular flexibility index (Phi) is 10.1. The van der Waals surface area contributed by atoms with Crippen molar-refractivity contribution < 1.29 is 18.0 Å². The van der Waals surface area contributed by atoms with Crippen molar-refractivity contribution >= 4 is 27.7 Å². The fourth-order valence-electron chi connectivity index (χ4n) is 3.63. The molecule has 2 atom stereocenters. The van der Waals surface area contributed by atoms with Gasteiger partial charge in [0.2, 0.25) is 11.8 Å². The summed E-state index contributed by atoms with van der Waals surface area (Å²) >= 11 is 0. The van der Waals surface area contributed by atoms with Gasteiger partial charge in [0, 0.05) is 26.7 Å². The van der Waals surface area contributed by atoms with Crippen molar-refractivity contribution in [3.63, 3.8) is 0 Å². The Hall–Kier alpha value is -2.91. The smallest absolute Gasteiger partial charge is 0.304 e. The molecule has 36 heavy (non-hydrogen) atoms. The highest BCUT2D eigenvalue weighted by Crippen LogP contribution is 2.26. The molecule has 2 aromatic carbocycles. The van der Waals surface area contributed by atoms with Gasteiger partial charge < -0.3 is 10.2 Å². The van der Waals surface area contributed by atoms with Crippen LogP contribution in [0.2, 0.25) is 0 Å². The molecule has 0 aromatic heterocycles. The zero-order chi connectivity index (χ0) is 27.2. The van der Waals surface area contributed by atoms with Crippen molar-refractivity contribution in [2.45, 2.75) is 66.6 Å². The second-order valence-electron chi connectivity index (χ2n) is 9.59. The van der Waals surface area contributed by atoms with E-state index in [2.05, 4.69) is 5.32 Å². The number of aryl methyl sites for hydroxylation is 3. The minimum atomic E-state index is -3.99. The lowest BCUT2D eigenvalue weighted by atomic mass is 10.1. The van der Waals surface area contributed by atoms with Crippen molar-refractivity contribution in [2.75, 3.05) is 24.9 Å². The van der Waals surface area contributed by atoms with E-state index in [4.69, 9.17) is 0 Å². The molecule has 2 rings (SSSR count). The number of nitrogens with zero attached hydrogens (tertiary/aromatic N) is 3. The average Bonchev–Trinajstić information content (AvgIpc) is 2.82. The van der Waals surface area contributed by atoms with Gasteiger partial charge in [-0.1, -0.05) is 48.9 Å². The number of hydrogen-bond acceptors (Lipinski definition) is 4. The summed E-state index contributed by atoms with van der Waals surface area (Å²) in [6.07, 6.45) is 0.756. The normalized spacial score (nSPS) is 13.2. The Labute approximate surface area is 216 Å². The average molecular weight is 517 g/mol. The summed E-state index contributed by atoms with van der Waals surface area (Å²) in [5.74, 6) is -0.743. The van der Waals surface area contributed by atoms with Gasteiger partial charge in [-0.2, -0.15) is 12.7 Å². The molecule has 0 aliphatic carbocycles. The summed E-state index contributed by atoms with van der Waals surface area (Å²) < 4.78 is 28.9. The van der Waals surface area contributed by atoms with Crippen molar-refractivity contribution in [1.82, 2.24) is 14.5 Å².